The molecule has 0 spiro atoms. The number of aromatic nitrogens is 1. The first-order valence-electron chi connectivity index (χ1n) is 8.26. The zero-order chi connectivity index (χ0) is 17.6. The number of aryl methyl sites for hydroxylation is 1. The van der Waals surface area contributed by atoms with Gasteiger partial charge in [-0.15, -0.1) is 11.3 Å². The maximum absolute atomic E-state index is 11.8. The standard InChI is InChI=1S/C18H25N3O2S/c1-18(2,3)17(23)20-12-10-15(22)19-11-6-9-16-21-13-7-4-5-8-14(13)24-16/h4-5,7-8H,6,9-12H2,1-3H3,(H,19,22)(H,20,23). The molecule has 2 amide bonds. The highest BCUT2D eigenvalue weighted by Gasteiger charge is 2.20. The van der Waals surface area contributed by atoms with Gasteiger partial charge in [-0.3, -0.25) is 9.59 Å². The lowest BCUT2D eigenvalue weighted by Gasteiger charge is -2.17. The van der Waals surface area contributed by atoms with Gasteiger partial charge in [-0.2, -0.15) is 0 Å². The smallest absolute Gasteiger partial charge is 0.225 e. The quantitative estimate of drug-likeness (QED) is 0.757. The maximum Gasteiger partial charge on any atom is 0.225 e. The molecule has 0 atom stereocenters. The van der Waals surface area contributed by atoms with Crippen LogP contribution in [0.25, 0.3) is 10.2 Å². The number of thiazole rings is 1. The van der Waals surface area contributed by atoms with Gasteiger partial charge in [0.25, 0.3) is 0 Å². The van der Waals surface area contributed by atoms with Gasteiger partial charge in [0.05, 0.1) is 15.2 Å². The molecule has 0 aliphatic carbocycles. The number of carbonyl (C=O) groups is 2. The summed E-state index contributed by atoms with van der Waals surface area (Å²) in [6, 6.07) is 8.10. The van der Waals surface area contributed by atoms with Crippen molar-refractivity contribution in [2.45, 2.75) is 40.0 Å². The largest absolute Gasteiger partial charge is 0.356 e. The second-order valence-corrected chi connectivity index (χ2v) is 7.90. The van der Waals surface area contributed by atoms with Crippen molar-refractivity contribution in [3.05, 3.63) is 29.3 Å². The summed E-state index contributed by atoms with van der Waals surface area (Å²) in [4.78, 5) is 28.0. The van der Waals surface area contributed by atoms with E-state index in [1.165, 1.54) is 4.70 Å². The molecule has 2 rings (SSSR count). The lowest BCUT2D eigenvalue weighted by molar-refractivity contribution is -0.128. The highest BCUT2D eigenvalue weighted by molar-refractivity contribution is 7.18. The average Bonchev–Trinajstić information content (AvgIpc) is 2.93. The first-order chi connectivity index (χ1) is 11.4. The van der Waals surface area contributed by atoms with Crippen LogP contribution in [0.4, 0.5) is 0 Å². The molecule has 1 aromatic carbocycles. The van der Waals surface area contributed by atoms with E-state index < -0.39 is 5.41 Å². The SMILES string of the molecule is CC(C)(C)C(=O)NCCC(=O)NCCCc1nc2ccccc2s1. The Morgan fingerprint density at radius 1 is 1.12 bits per heavy atom. The number of hydrogen-bond donors (Lipinski definition) is 2. The van der Waals surface area contributed by atoms with Gasteiger partial charge < -0.3 is 10.6 Å². The van der Waals surface area contributed by atoms with E-state index in [-0.39, 0.29) is 11.8 Å². The summed E-state index contributed by atoms with van der Waals surface area (Å²) < 4.78 is 1.20. The van der Waals surface area contributed by atoms with Gasteiger partial charge in [-0.05, 0) is 18.6 Å². The predicted molar refractivity (Wildman–Crippen MR) is 98.0 cm³/mol. The fourth-order valence-electron chi connectivity index (χ4n) is 2.14. The third-order valence-electron chi connectivity index (χ3n) is 3.55. The summed E-state index contributed by atoms with van der Waals surface area (Å²) in [6.07, 6.45) is 2.03. The van der Waals surface area contributed by atoms with Crippen LogP contribution in [-0.2, 0) is 16.0 Å². The molecular formula is C18H25N3O2S. The van der Waals surface area contributed by atoms with E-state index in [9.17, 15) is 9.59 Å². The second kappa shape index (κ2) is 8.24. The van der Waals surface area contributed by atoms with Crippen molar-refractivity contribution in [2.24, 2.45) is 5.41 Å². The highest BCUT2D eigenvalue weighted by Crippen LogP contribution is 2.22. The third-order valence-corrected chi connectivity index (χ3v) is 4.64. The fourth-order valence-corrected chi connectivity index (χ4v) is 3.15. The summed E-state index contributed by atoms with van der Waals surface area (Å²) >= 11 is 1.70. The van der Waals surface area contributed by atoms with Crippen molar-refractivity contribution < 1.29 is 9.59 Å². The van der Waals surface area contributed by atoms with Crippen molar-refractivity contribution >= 4 is 33.4 Å². The average molecular weight is 347 g/mol. The van der Waals surface area contributed by atoms with Gasteiger partial charge in [0, 0.05) is 31.3 Å². The lowest BCUT2D eigenvalue weighted by atomic mass is 9.96. The monoisotopic (exact) mass is 347 g/mol. The fraction of sp³-hybridized carbons (Fsp3) is 0.500. The van der Waals surface area contributed by atoms with Gasteiger partial charge in [0.1, 0.15) is 0 Å². The van der Waals surface area contributed by atoms with Crippen LogP contribution in [0.2, 0.25) is 0 Å². The minimum absolute atomic E-state index is 0.0338. The molecule has 0 bridgehead atoms. The van der Waals surface area contributed by atoms with Gasteiger partial charge in [-0.1, -0.05) is 32.9 Å². The van der Waals surface area contributed by atoms with Crippen molar-refractivity contribution in [3.8, 4) is 0 Å². The van der Waals surface area contributed by atoms with Crippen LogP contribution >= 0.6 is 11.3 Å². The molecule has 0 unspecified atom stereocenters. The number of fused-ring (bicyclic) bond motifs is 1. The Bertz CT molecular complexity index is 671. The molecule has 0 radical (unpaired) electrons. The van der Waals surface area contributed by atoms with Crippen LogP contribution in [0.15, 0.2) is 24.3 Å². The number of hydrogen-bond acceptors (Lipinski definition) is 4. The Balaban J connectivity index is 1.61. The molecule has 1 aromatic heterocycles. The van der Waals surface area contributed by atoms with Gasteiger partial charge in [0.15, 0.2) is 0 Å². The van der Waals surface area contributed by atoms with Crippen LogP contribution < -0.4 is 10.6 Å². The number of nitrogens with zero attached hydrogens (tertiary/aromatic N) is 1. The van der Waals surface area contributed by atoms with Gasteiger partial charge in [-0.25, -0.2) is 4.98 Å². The first-order valence-corrected chi connectivity index (χ1v) is 9.07. The number of carbonyl (C=O) groups excluding carboxylic acids is 2. The van der Waals surface area contributed by atoms with E-state index in [0.717, 1.165) is 23.4 Å². The molecule has 0 saturated heterocycles. The number of rotatable bonds is 7. The topological polar surface area (TPSA) is 71.1 Å². The Labute approximate surface area is 146 Å². The minimum Gasteiger partial charge on any atom is -0.356 e. The molecule has 0 fully saturated rings. The predicted octanol–water partition coefficient (Wildman–Crippen LogP) is 2.90. The van der Waals surface area contributed by atoms with E-state index in [1.807, 2.05) is 39.0 Å². The van der Waals surface area contributed by atoms with Crippen LogP contribution in [0.5, 0.6) is 0 Å². The second-order valence-electron chi connectivity index (χ2n) is 6.78. The Kier molecular flexibility index (Phi) is 6.31. The normalized spacial score (nSPS) is 11.5. The Hall–Kier alpha value is -1.95. The van der Waals surface area contributed by atoms with E-state index in [0.29, 0.717) is 19.5 Å². The summed E-state index contributed by atoms with van der Waals surface area (Å²) in [5, 5.41) is 6.76. The summed E-state index contributed by atoms with van der Waals surface area (Å²) in [5.41, 5.74) is 0.615. The number of para-hydroxylation sites is 1. The van der Waals surface area contributed by atoms with Crippen molar-refractivity contribution in [3.63, 3.8) is 0 Å². The van der Waals surface area contributed by atoms with Crippen LogP contribution in [0.1, 0.15) is 38.6 Å². The van der Waals surface area contributed by atoms with Crippen LogP contribution in [0, 0.1) is 5.41 Å². The number of nitrogens with one attached hydrogen (secondary N) is 2. The molecule has 5 nitrogen and oxygen atoms in total. The van der Waals surface area contributed by atoms with Gasteiger partial charge >= 0.3 is 0 Å². The molecule has 24 heavy (non-hydrogen) atoms. The lowest BCUT2D eigenvalue weighted by Crippen LogP contribution is -2.37. The van der Waals surface area contributed by atoms with Crippen LogP contribution in [0.3, 0.4) is 0 Å². The van der Waals surface area contributed by atoms with Crippen molar-refractivity contribution in [1.29, 1.82) is 0 Å². The maximum atomic E-state index is 11.8. The molecule has 2 N–H and O–H groups in total. The first kappa shape index (κ1) is 18.4. The Morgan fingerprint density at radius 2 is 1.88 bits per heavy atom. The number of amides is 2. The molecule has 6 heteroatoms. The summed E-state index contributed by atoms with van der Waals surface area (Å²) in [7, 11) is 0. The summed E-state index contributed by atoms with van der Waals surface area (Å²) in [5.74, 6) is -0.0698. The van der Waals surface area contributed by atoms with Crippen molar-refractivity contribution in [1.82, 2.24) is 15.6 Å². The van der Waals surface area contributed by atoms with Crippen LogP contribution in [-0.4, -0.2) is 29.9 Å². The molecule has 130 valence electrons. The summed E-state index contributed by atoms with van der Waals surface area (Å²) in [6.45, 7) is 6.56. The molecule has 0 aliphatic heterocycles. The van der Waals surface area contributed by atoms with E-state index in [4.69, 9.17) is 0 Å². The molecule has 2 aromatic rings. The third kappa shape index (κ3) is 5.60. The molecular weight excluding hydrogens is 322 g/mol. The Morgan fingerprint density at radius 3 is 2.58 bits per heavy atom. The molecule has 1 heterocycles. The molecule has 0 saturated carbocycles. The van der Waals surface area contributed by atoms with Gasteiger partial charge in [0.2, 0.25) is 11.8 Å². The molecule has 0 aliphatic rings. The highest BCUT2D eigenvalue weighted by atomic mass is 32.1. The van der Waals surface area contributed by atoms with E-state index in [1.54, 1.807) is 11.3 Å². The number of benzene rings is 1. The van der Waals surface area contributed by atoms with E-state index in [2.05, 4.69) is 21.7 Å². The minimum atomic E-state index is -0.423. The zero-order valence-electron chi connectivity index (χ0n) is 14.5. The van der Waals surface area contributed by atoms with E-state index >= 15 is 0 Å². The van der Waals surface area contributed by atoms with Crippen molar-refractivity contribution in [2.75, 3.05) is 13.1 Å². The zero-order valence-corrected chi connectivity index (χ0v) is 15.3.